The summed E-state index contributed by atoms with van der Waals surface area (Å²) in [6.45, 7) is 8.44. The third kappa shape index (κ3) is 2.44. The standard InChI is InChI=1S/C11H22N2/c1-9-5-7-13(8-6-12-9)10(2)11-3-4-11/h9-12H,3-8H2,1-2H3. The average Bonchev–Trinajstić information content (AvgIpc) is 2.89. The Bertz CT molecular complexity index is 165. The van der Waals surface area contributed by atoms with E-state index in [9.17, 15) is 0 Å². The molecule has 2 unspecified atom stereocenters. The van der Waals surface area contributed by atoms with Crippen LogP contribution in [0.2, 0.25) is 0 Å². The van der Waals surface area contributed by atoms with Crippen LogP contribution in [0.5, 0.6) is 0 Å². The Morgan fingerprint density at radius 3 is 2.69 bits per heavy atom. The van der Waals surface area contributed by atoms with E-state index in [0.717, 1.165) is 18.0 Å². The molecule has 0 aromatic rings. The normalized spacial score (nSPS) is 34.2. The first-order valence-corrected chi connectivity index (χ1v) is 5.75. The van der Waals surface area contributed by atoms with E-state index in [1.807, 2.05) is 0 Å². The number of nitrogens with zero attached hydrogens (tertiary/aromatic N) is 1. The molecule has 2 heteroatoms. The molecular formula is C11H22N2. The second-order valence-electron chi connectivity index (χ2n) is 4.76. The van der Waals surface area contributed by atoms with Gasteiger partial charge in [0.2, 0.25) is 0 Å². The van der Waals surface area contributed by atoms with Gasteiger partial charge in [-0.25, -0.2) is 0 Å². The van der Waals surface area contributed by atoms with Crippen LogP contribution in [0, 0.1) is 5.92 Å². The quantitative estimate of drug-likeness (QED) is 0.695. The van der Waals surface area contributed by atoms with Gasteiger partial charge >= 0.3 is 0 Å². The summed E-state index contributed by atoms with van der Waals surface area (Å²) >= 11 is 0. The first-order valence-electron chi connectivity index (χ1n) is 5.75. The molecule has 0 aromatic heterocycles. The van der Waals surface area contributed by atoms with Crippen LogP contribution in [-0.2, 0) is 0 Å². The van der Waals surface area contributed by atoms with Gasteiger partial charge in [0.1, 0.15) is 0 Å². The molecule has 0 spiro atoms. The molecular weight excluding hydrogens is 160 g/mol. The molecule has 0 aromatic carbocycles. The van der Waals surface area contributed by atoms with Crippen molar-refractivity contribution in [1.29, 1.82) is 0 Å². The van der Waals surface area contributed by atoms with Gasteiger partial charge in [0.05, 0.1) is 0 Å². The molecule has 0 radical (unpaired) electrons. The van der Waals surface area contributed by atoms with E-state index in [0.29, 0.717) is 0 Å². The molecule has 1 saturated heterocycles. The van der Waals surface area contributed by atoms with Crippen molar-refractivity contribution in [2.45, 2.75) is 45.2 Å². The van der Waals surface area contributed by atoms with Crippen LogP contribution in [0.25, 0.3) is 0 Å². The maximum Gasteiger partial charge on any atom is 0.0110 e. The average molecular weight is 182 g/mol. The van der Waals surface area contributed by atoms with E-state index in [1.54, 1.807) is 0 Å². The van der Waals surface area contributed by atoms with Gasteiger partial charge in [0.15, 0.2) is 0 Å². The third-order valence-electron chi connectivity index (χ3n) is 3.62. The first kappa shape index (κ1) is 9.47. The van der Waals surface area contributed by atoms with E-state index in [-0.39, 0.29) is 0 Å². The SMILES string of the molecule is CC1CCN(C(C)C2CC2)CCN1. The Morgan fingerprint density at radius 1 is 1.23 bits per heavy atom. The Kier molecular flexibility index (Phi) is 2.89. The summed E-state index contributed by atoms with van der Waals surface area (Å²) in [5.74, 6) is 1.02. The van der Waals surface area contributed by atoms with E-state index in [2.05, 4.69) is 24.1 Å². The highest BCUT2D eigenvalue weighted by Crippen LogP contribution is 2.35. The lowest BCUT2D eigenvalue weighted by Crippen LogP contribution is -2.37. The fourth-order valence-corrected chi connectivity index (χ4v) is 2.31. The van der Waals surface area contributed by atoms with Crippen LogP contribution in [0.15, 0.2) is 0 Å². The maximum absolute atomic E-state index is 3.55. The van der Waals surface area contributed by atoms with Crippen molar-refractivity contribution in [3.63, 3.8) is 0 Å². The van der Waals surface area contributed by atoms with Gasteiger partial charge in [-0.05, 0) is 45.6 Å². The number of rotatable bonds is 2. The summed E-state index contributed by atoms with van der Waals surface area (Å²) in [4.78, 5) is 2.67. The Morgan fingerprint density at radius 2 is 2.00 bits per heavy atom. The van der Waals surface area contributed by atoms with Gasteiger partial charge in [0, 0.05) is 25.2 Å². The molecule has 2 atom stereocenters. The van der Waals surface area contributed by atoms with Crippen molar-refractivity contribution in [2.24, 2.45) is 5.92 Å². The van der Waals surface area contributed by atoms with E-state index in [4.69, 9.17) is 0 Å². The minimum atomic E-state index is 0.719. The van der Waals surface area contributed by atoms with Gasteiger partial charge in [0.25, 0.3) is 0 Å². The maximum atomic E-state index is 3.55. The minimum absolute atomic E-state index is 0.719. The molecule has 2 fully saturated rings. The molecule has 2 rings (SSSR count). The van der Waals surface area contributed by atoms with Gasteiger partial charge < -0.3 is 5.32 Å². The number of hydrogen-bond acceptors (Lipinski definition) is 2. The summed E-state index contributed by atoms with van der Waals surface area (Å²) in [7, 11) is 0. The van der Waals surface area contributed by atoms with Gasteiger partial charge in [-0.3, -0.25) is 4.90 Å². The minimum Gasteiger partial charge on any atom is -0.313 e. The van der Waals surface area contributed by atoms with Crippen LogP contribution in [0.4, 0.5) is 0 Å². The second-order valence-corrected chi connectivity index (χ2v) is 4.76. The van der Waals surface area contributed by atoms with Crippen molar-refractivity contribution >= 4 is 0 Å². The Labute approximate surface area is 81.7 Å². The summed E-state index contributed by atoms with van der Waals surface area (Å²) < 4.78 is 0. The molecule has 1 saturated carbocycles. The lowest BCUT2D eigenvalue weighted by molar-refractivity contribution is 0.201. The van der Waals surface area contributed by atoms with Crippen molar-refractivity contribution < 1.29 is 0 Å². The zero-order chi connectivity index (χ0) is 9.26. The zero-order valence-corrected chi connectivity index (χ0v) is 8.92. The van der Waals surface area contributed by atoms with E-state index in [1.165, 1.54) is 38.9 Å². The summed E-state index contributed by atoms with van der Waals surface area (Å²) in [6, 6.07) is 1.56. The van der Waals surface area contributed by atoms with E-state index < -0.39 is 0 Å². The Balaban J connectivity index is 1.83. The molecule has 2 nitrogen and oxygen atoms in total. The van der Waals surface area contributed by atoms with Crippen molar-refractivity contribution in [1.82, 2.24) is 10.2 Å². The molecule has 13 heavy (non-hydrogen) atoms. The highest BCUT2D eigenvalue weighted by atomic mass is 15.2. The summed E-state index contributed by atoms with van der Waals surface area (Å²) in [5, 5.41) is 3.55. The molecule has 0 bridgehead atoms. The van der Waals surface area contributed by atoms with Gasteiger partial charge in [-0.1, -0.05) is 0 Å². The summed E-state index contributed by atoms with van der Waals surface area (Å²) in [6.07, 6.45) is 4.26. The van der Waals surface area contributed by atoms with Gasteiger partial charge in [-0.2, -0.15) is 0 Å². The molecule has 1 aliphatic carbocycles. The highest BCUT2D eigenvalue weighted by Gasteiger charge is 2.32. The largest absolute Gasteiger partial charge is 0.313 e. The predicted molar refractivity (Wildman–Crippen MR) is 55.8 cm³/mol. The van der Waals surface area contributed by atoms with Crippen molar-refractivity contribution in [2.75, 3.05) is 19.6 Å². The lowest BCUT2D eigenvalue weighted by Gasteiger charge is -2.27. The highest BCUT2D eigenvalue weighted by molar-refractivity contribution is 4.87. The fourth-order valence-electron chi connectivity index (χ4n) is 2.31. The topological polar surface area (TPSA) is 15.3 Å². The molecule has 1 heterocycles. The molecule has 2 aliphatic rings. The number of nitrogens with one attached hydrogen (secondary N) is 1. The van der Waals surface area contributed by atoms with Crippen molar-refractivity contribution in [3.05, 3.63) is 0 Å². The van der Waals surface area contributed by atoms with Crippen LogP contribution in [0.1, 0.15) is 33.1 Å². The monoisotopic (exact) mass is 182 g/mol. The third-order valence-corrected chi connectivity index (χ3v) is 3.62. The Hall–Kier alpha value is -0.0800. The van der Waals surface area contributed by atoms with Crippen LogP contribution >= 0.6 is 0 Å². The zero-order valence-electron chi connectivity index (χ0n) is 8.92. The van der Waals surface area contributed by atoms with Crippen molar-refractivity contribution in [3.8, 4) is 0 Å². The molecule has 76 valence electrons. The van der Waals surface area contributed by atoms with Gasteiger partial charge in [-0.15, -0.1) is 0 Å². The number of hydrogen-bond donors (Lipinski definition) is 1. The van der Waals surface area contributed by atoms with E-state index >= 15 is 0 Å². The molecule has 1 aliphatic heterocycles. The summed E-state index contributed by atoms with van der Waals surface area (Å²) in [5.41, 5.74) is 0. The van der Waals surface area contributed by atoms with Crippen LogP contribution in [0.3, 0.4) is 0 Å². The molecule has 0 amide bonds. The second kappa shape index (κ2) is 3.97. The predicted octanol–water partition coefficient (Wildman–Crippen LogP) is 1.47. The smallest absolute Gasteiger partial charge is 0.0110 e. The fraction of sp³-hybridized carbons (Fsp3) is 1.00. The van der Waals surface area contributed by atoms with Crippen LogP contribution in [-0.4, -0.2) is 36.6 Å². The van der Waals surface area contributed by atoms with Crippen LogP contribution < -0.4 is 5.32 Å². The first-order chi connectivity index (χ1) is 6.27. The lowest BCUT2D eigenvalue weighted by atomic mass is 10.1. The molecule has 1 N–H and O–H groups in total.